The van der Waals surface area contributed by atoms with Gasteiger partial charge in [-0.25, -0.2) is 4.98 Å². The van der Waals surface area contributed by atoms with E-state index < -0.39 is 0 Å². The molecular weight excluding hydrogens is 378 g/mol. The molecule has 1 aliphatic heterocycles. The van der Waals surface area contributed by atoms with E-state index in [1.54, 1.807) is 17.5 Å². The predicted octanol–water partition coefficient (Wildman–Crippen LogP) is 4.74. The minimum atomic E-state index is 0.0551. The lowest BCUT2D eigenvalue weighted by atomic mass is 9.91. The van der Waals surface area contributed by atoms with Gasteiger partial charge in [0, 0.05) is 37.3 Å². The van der Waals surface area contributed by atoms with Gasteiger partial charge in [0.15, 0.2) is 0 Å². The van der Waals surface area contributed by atoms with Gasteiger partial charge in [0.1, 0.15) is 5.82 Å². The third-order valence-electron chi connectivity index (χ3n) is 5.72. The molecule has 3 aromatic rings. The Kier molecular flexibility index (Phi) is 6.37. The van der Waals surface area contributed by atoms with Crippen LogP contribution < -0.4 is 4.90 Å². The molecule has 29 heavy (non-hydrogen) atoms. The second-order valence-corrected chi connectivity index (χ2v) is 8.52. The lowest BCUT2D eigenvalue weighted by molar-refractivity contribution is 0.0932. The summed E-state index contributed by atoms with van der Waals surface area (Å²) in [5.74, 6) is 1.18. The van der Waals surface area contributed by atoms with Crippen molar-refractivity contribution in [2.45, 2.75) is 25.8 Å². The molecule has 1 aliphatic rings. The van der Waals surface area contributed by atoms with E-state index in [1.165, 1.54) is 5.56 Å². The fourth-order valence-corrected chi connectivity index (χ4v) is 4.81. The number of likely N-dealkylation sites (tertiary alicyclic amines) is 1. The SMILES string of the molecule is C[C@H]1CN(CCc2ccccc2)CC[C@H]1N(C(=O)c1ccsc1)c1ccccn1. The van der Waals surface area contributed by atoms with Crippen molar-refractivity contribution in [3.05, 3.63) is 82.7 Å². The van der Waals surface area contributed by atoms with Gasteiger partial charge in [-0.2, -0.15) is 11.3 Å². The van der Waals surface area contributed by atoms with Crippen LogP contribution >= 0.6 is 11.3 Å². The third-order valence-corrected chi connectivity index (χ3v) is 6.40. The highest BCUT2D eigenvalue weighted by Gasteiger charge is 2.35. The molecule has 2 atom stereocenters. The van der Waals surface area contributed by atoms with E-state index in [0.29, 0.717) is 5.92 Å². The van der Waals surface area contributed by atoms with Gasteiger partial charge in [0.2, 0.25) is 0 Å². The molecule has 0 aliphatic carbocycles. The summed E-state index contributed by atoms with van der Waals surface area (Å²) in [6, 6.07) is 18.5. The topological polar surface area (TPSA) is 36.4 Å². The van der Waals surface area contributed by atoms with Crippen LogP contribution in [0.5, 0.6) is 0 Å². The van der Waals surface area contributed by atoms with Crippen molar-refractivity contribution in [2.24, 2.45) is 5.92 Å². The average molecular weight is 406 g/mol. The van der Waals surface area contributed by atoms with E-state index in [1.807, 2.05) is 39.9 Å². The highest BCUT2D eigenvalue weighted by atomic mass is 32.1. The van der Waals surface area contributed by atoms with Crippen molar-refractivity contribution in [3.63, 3.8) is 0 Å². The first kappa shape index (κ1) is 19.8. The van der Waals surface area contributed by atoms with E-state index >= 15 is 0 Å². The number of thiophene rings is 1. The van der Waals surface area contributed by atoms with Gasteiger partial charge in [-0.1, -0.05) is 43.3 Å². The Morgan fingerprint density at radius 2 is 2.00 bits per heavy atom. The molecule has 1 aromatic carbocycles. The smallest absolute Gasteiger partial charge is 0.260 e. The van der Waals surface area contributed by atoms with Crippen molar-refractivity contribution >= 4 is 23.1 Å². The fraction of sp³-hybridized carbons (Fsp3) is 0.333. The number of carbonyl (C=O) groups excluding carboxylic acids is 1. The van der Waals surface area contributed by atoms with Crippen molar-refractivity contribution in [1.82, 2.24) is 9.88 Å². The summed E-state index contributed by atoms with van der Waals surface area (Å²) in [5, 5.41) is 3.89. The van der Waals surface area contributed by atoms with E-state index in [-0.39, 0.29) is 11.9 Å². The van der Waals surface area contributed by atoms with Gasteiger partial charge in [-0.15, -0.1) is 0 Å². The van der Waals surface area contributed by atoms with Gasteiger partial charge in [-0.05, 0) is 47.9 Å². The van der Waals surface area contributed by atoms with Crippen LogP contribution in [-0.2, 0) is 6.42 Å². The van der Waals surface area contributed by atoms with Crippen molar-refractivity contribution < 1.29 is 4.79 Å². The number of benzene rings is 1. The number of rotatable bonds is 6. The van der Waals surface area contributed by atoms with Crippen LogP contribution in [0.15, 0.2) is 71.6 Å². The molecule has 3 heterocycles. The van der Waals surface area contributed by atoms with E-state index in [0.717, 1.165) is 43.9 Å². The summed E-state index contributed by atoms with van der Waals surface area (Å²) < 4.78 is 0. The van der Waals surface area contributed by atoms with Crippen molar-refractivity contribution in [1.29, 1.82) is 0 Å². The van der Waals surface area contributed by atoms with Gasteiger partial charge in [0.25, 0.3) is 5.91 Å². The van der Waals surface area contributed by atoms with E-state index in [2.05, 4.69) is 47.1 Å². The zero-order valence-corrected chi connectivity index (χ0v) is 17.6. The number of pyridine rings is 1. The molecule has 0 unspecified atom stereocenters. The van der Waals surface area contributed by atoms with Crippen molar-refractivity contribution in [2.75, 3.05) is 24.5 Å². The van der Waals surface area contributed by atoms with Crippen LogP contribution in [0, 0.1) is 5.92 Å². The Bertz CT molecular complexity index is 898. The normalized spacial score (nSPS) is 19.8. The quantitative estimate of drug-likeness (QED) is 0.594. The second-order valence-electron chi connectivity index (χ2n) is 7.74. The van der Waals surface area contributed by atoms with Crippen LogP contribution in [0.1, 0.15) is 29.3 Å². The Balaban J connectivity index is 1.47. The van der Waals surface area contributed by atoms with E-state index in [4.69, 9.17) is 0 Å². The molecule has 1 fully saturated rings. The third kappa shape index (κ3) is 4.74. The number of carbonyl (C=O) groups is 1. The predicted molar refractivity (Wildman–Crippen MR) is 120 cm³/mol. The van der Waals surface area contributed by atoms with Gasteiger partial charge in [-0.3, -0.25) is 9.69 Å². The largest absolute Gasteiger partial charge is 0.303 e. The number of amides is 1. The summed E-state index contributed by atoms with van der Waals surface area (Å²) >= 11 is 1.56. The number of anilines is 1. The molecule has 1 saturated heterocycles. The molecule has 150 valence electrons. The first-order chi connectivity index (χ1) is 14.2. The second kappa shape index (κ2) is 9.33. The molecule has 1 amide bonds. The molecule has 4 rings (SSSR count). The fourth-order valence-electron chi connectivity index (χ4n) is 4.18. The first-order valence-electron chi connectivity index (χ1n) is 10.3. The van der Waals surface area contributed by atoms with Crippen LogP contribution in [0.25, 0.3) is 0 Å². The number of nitrogens with zero attached hydrogens (tertiary/aromatic N) is 3. The summed E-state index contributed by atoms with van der Waals surface area (Å²) in [5.41, 5.74) is 2.13. The number of piperidine rings is 1. The molecule has 5 heteroatoms. The van der Waals surface area contributed by atoms with Crippen molar-refractivity contribution in [3.8, 4) is 0 Å². The lowest BCUT2D eigenvalue weighted by Crippen LogP contribution is -2.53. The molecule has 0 radical (unpaired) electrons. The zero-order chi connectivity index (χ0) is 20.1. The molecule has 2 aromatic heterocycles. The van der Waals surface area contributed by atoms with Crippen LogP contribution in [0.2, 0.25) is 0 Å². The first-order valence-corrected chi connectivity index (χ1v) is 11.2. The summed E-state index contributed by atoms with van der Waals surface area (Å²) in [6.45, 7) is 5.32. The standard InChI is InChI=1S/C24H27N3OS/c1-19-17-26(14-10-20-7-3-2-4-8-20)15-11-22(19)27(23-9-5-6-13-25-23)24(28)21-12-16-29-18-21/h2-9,12-13,16,18-19,22H,10-11,14-15,17H2,1H3/t19-,22+/m0/s1. The Labute approximate surface area is 176 Å². The van der Waals surface area contributed by atoms with E-state index in [9.17, 15) is 4.79 Å². The minimum absolute atomic E-state index is 0.0551. The molecule has 4 nitrogen and oxygen atoms in total. The molecule has 0 bridgehead atoms. The number of hydrogen-bond donors (Lipinski definition) is 0. The maximum atomic E-state index is 13.3. The Morgan fingerprint density at radius 1 is 1.17 bits per heavy atom. The van der Waals surface area contributed by atoms with Gasteiger partial charge >= 0.3 is 0 Å². The maximum absolute atomic E-state index is 13.3. The summed E-state index contributed by atoms with van der Waals surface area (Å²) in [7, 11) is 0. The maximum Gasteiger partial charge on any atom is 0.260 e. The number of aromatic nitrogens is 1. The minimum Gasteiger partial charge on any atom is -0.303 e. The molecule has 0 saturated carbocycles. The van der Waals surface area contributed by atoms with Gasteiger partial charge < -0.3 is 4.90 Å². The average Bonchev–Trinajstić information content (AvgIpc) is 3.30. The monoisotopic (exact) mass is 405 g/mol. The number of hydrogen-bond acceptors (Lipinski definition) is 4. The van der Waals surface area contributed by atoms with Crippen LogP contribution in [0.3, 0.4) is 0 Å². The Hall–Kier alpha value is -2.50. The summed E-state index contributed by atoms with van der Waals surface area (Å²) in [6.07, 6.45) is 3.79. The Morgan fingerprint density at radius 3 is 2.69 bits per heavy atom. The molecule has 0 spiro atoms. The van der Waals surface area contributed by atoms with Crippen LogP contribution in [0.4, 0.5) is 5.82 Å². The molecule has 0 N–H and O–H groups in total. The highest BCUT2D eigenvalue weighted by Crippen LogP contribution is 2.28. The molecular formula is C24H27N3OS. The zero-order valence-electron chi connectivity index (χ0n) is 16.8. The van der Waals surface area contributed by atoms with Crippen LogP contribution in [-0.4, -0.2) is 41.5 Å². The highest BCUT2D eigenvalue weighted by molar-refractivity contribution is 7.08. The lowest BCUT2D eigenvalue weighted by Gasteiger charge is -2.42. The van der Waals surface area contributed by atoms with Gasteiger partial charge in [0.05, 0.1) is 5.56 Å². The summed E-state index contributed by atoms with van der Waals surface area (Å²) in [4.78, 5) is 22.3.